The zero-order valence-corrected chi connectivity index (χ0v) is 19.5. The molecular weight excluding hydrogens is 592 g/mol. The zero-order chi connectivity index (χ0) is 19.6. The van der Waals surface area contributed by atoms with Crippen molar-refractivity contribution < 1.29 is 19.1 Å². The van der Waals surface area contributed by atoms with Crippen LogP contribution in [0.25, 0.3) is 17.2 Å². The Balaban J connectivity index is 1.92. The number of aliphatic carboxylic acids is 1. The Bertz CT molecular complexity index is 973. The third-order valence-electron chi connectivity index (χ3n) is 3.35. The van der Waals surface area contributed by atoms with E-state index in [1.807, 2.05) is 44.2 Å². The topological polar surface area (TPSA) is 72.6 Å². The summed E-state index contributed by atoms with van der Waals surface area (Å²) < 4.78 is 13.3. The highest BCUT2D eigenvalue weighted by Crippen LogP contribution is 2.34. The van der Waals surface area contributed by atoms with E-state index in [1.54, 1.807) is 12.1 Å². The molecule has 5 nitrogen and oxygen atoms in total. The van der Waals surface area contributed by atoms with Crippen LogP contribution in [0, 0.1) is 7.14 Å². The maximum absolute atomic E-state index is 11.7. The number of aromatic nitrogens is 1. The van der Waals surface area contributed by atoms with Crippen molar-refractivity contribution in [2.45, 2.75) is 25.2 Å². The van der Waals surface area contributed by atoms with E-state index in [0.717, 1.165) is 30.2 Å². The second-order valence-corrected chi connectivity index (χ2v) is 9.16. The van der Waals surface area contributed by atoms with Crippen LogP contribution >= 0.6 is 56.9 Å². The predicted molar refractivity (Wildman–Crippen MR) is 123 cm³/mol. The number of carboxylic acids is 1. The first-order chi connectivity index (χ1) is 12.8. The summed E-state index contributed by atoms with van der Waals surface area (Å²) in [7, 11) is 0. The highest BCUT2D eigenvalue weighted by molar-refractivity contribution is 14.1. The number of ether oxygens (including phenoxy) is 1. The molecule has 1 heterocycles. The largest absolute Gasteiger partial charge is 0.489 e. The number of oxazole rings is 1. The summed E-state index contributed by atoms with van der Waals surface area (Å²) in [6.07, 6.45) is 1.68. The highest BCUT2D eigenvalue weighted by atomic mass is 127. The first-order valence-corrected chi connectivity index (χ1v) is 10.9. The van der Waals surface area contributed by atoms with Crippen LogP contribution in [0.2, 0.25) is 0 Å². The van der Waals surface area contributed by atoms with E-state index >= 15 is 0 Å². The fourth-order valence-corrected chi connectivity index (χ4v) is 5.10. The number of hydrogen-bond acceptors (Lipinski definition) is 5. The van der Waals surface area contributed by atoms with Gasteiger partial charge < -0.3 is 14.3 Å². The monoisotopic (exact) mass is 607 g/mol. The fraction of sp³-hybridized carbons (Fsp3) is 0.158. The van der Waals surface area contributed by atoms with Crippen molar-refractivity contribution in [3.8, 4) is 5.75 Å². The van der Waals surface area contributed by atoms with Crippen molar-refractivity contribution in [1.82, 2.24) is 4.98 Å². The molecule has 2 aromatic carbocycles. The molecule has 8 heteroatoms. The summed E-state index contributed by atoms with van der Waals surface area (Å²) in [5.74, 6) is -0.221. The molecule has 0 saturated carbocycles. The maximum atomic E-state index is 11.7. The Labute approximate surface area is 187 Å². The van der Waals surface area contributed by atoms with Crippen LogP contribution in [0.5, 0.6) is 5.75 Å². The molecule has 0 fully saturated rings. The van der Waals surface area contributed by atoms with Gasteiger partial charge in [-0.3, -0.25) is 0 Å². The van der Waals surface area contributed by atoms with Crippen molar-refractivity contribution in [3.05, 3.63) is 54.0 Å². The molecule has 0 unspecified atom stereocenters. The minimum Gasteiger partial charge on any atom is -0.489 e. The average molecular weight is 607 g/mol. The van der Waals surface area contributed by atoms with E-state index in [-0.39, 0.29) is 11.0 Å². The number of hydrogen-bond donors (Lipinski definition) is 1. The average Bonchev–Trinajstić information content (AvgIpc) is 2.99. The molecule has 0 saturated heterocycles. The molecule has 0 aliphatic rings. The third kappa shape index (κ3) is 5.17. The molecule has 0 aliphatic heterocycles. The number of carbonyl (C=O) groups is 1. The Kier molecular flexibility index (Phi) is 6.69. The number of carboxylic acid groups (broad SMARTS) is 1. The van der Waals surface area contributed by atoms with Gasteiger partial charge in [-0.2, -0.15) is 0 Å². The van der Waals surface area contributed by atoms with Gasteiger partial charge in [-0.05, 0) is 107 Å². The minimum atomic E-state index is -1.03. The SMILES string of the molecule is CC(C)Oc1c(I)cc(/C=C(\Sc2nc3ccccc3o2)C(=O)O)cc1I. The summed E-state index contributed by atoms with van der Waals surface area (Å²) in [6, 6.07) is 11.1. The molecule has 0 radical (unpaired) electrons. The van der Waals surface area contributed by atoms with Crippen LogP contribution in [0.15, 0.2) is 50.9 Å². The summed E-state index contributed by atoms with van der Waals surface area (Å²) in [5.41, 5.74) is 2.11. The van der Waals surface area contributed by atoms with Crippen molar-refractivity contribution in [2.24, 2.45) is 0 Å². The number of halogens is 2. The second kappa shape index (κ2) is 8.82. The number of thioether (sulfide) groups is 1. The van der Waals surface area contributed by atoms with Gasteiger partial charge in [0.1, 0.15) is 16.2 Å². The molecule has 1 N–H and O–H groups in total. The number of fused-ring (bicyclic) bond motifs is 1. The molecule has 3 aromatic rings. The molecule has 0 amide bonds. The fourth-order valence-electron chi connectivity index (χ4n) is 2.29. The molecule has 3 rings (SSSR count). The van der Waals surface area contributed by atoms with Gasteiger partial charge in [0.2, 0.25) is 0 Å². The number of rotatable bonds is 6. The van der Waals surface area contributed by atoms with Gasteiger partial charge in [0.05, 0.1) is 13.2 Å². The molecule has 0 atom stereocenters. The molecule has 1 aromatic heterocycles. The first kappa shape index (κ1) is 20.5. The van der Waals surface area contributed by atoms with Crippen molar-refractivity contribution >= 4 is 80.1 Å². The number of nitrogens with zero attached hydrogens (tertiary/aromatic N) is 1. The third-order valence-corrected chi connectivity index (χ3v) is 5.82. The number of benzene rings is 2. The molecule has 0 spiro atoms. The molecule has 27 heavy (non-hydrogen) atoms. The van der Waals surface area contributed by atoms with Crippen molar-refractivity contribution in [2.75, 3.05) is 0 Å². The molecule has 0 bridgehead atoms. The number of para-hydroxylation sites is 2. The lowest BCUT2D eigenvalue weighted by Gasteiger charge is -2.14. The van der Waals surface area contributed by atoms with Crippen LogP contribution in [0.1, 0.15) is 19.4 Å². The highest BCUT2D eigenvalue weighted by Gasteiger charge is 2.16. The van der Waals surface area contributed by atoms with Crippen LogP contribution in [-0.2, 0) is 4.79 Å². The second-order valence-electron chi connectivity index (χ2n) is 5.84. The summed E-state index contributed by atoms with van der Waals surface area (Å²) in [4.78, 5) is 16.2. The summed E-state index contributed by atoms with van der Waals surface area (Å²) in [6.45, 7) is 3.94. The van der Waals surface area contributed by atoms with Crippen molar-refractivity contribution in [3.63, 3.8) is 0 Å². The van der Waals surface area contributed by atoms with Gasteiger partial charge in [-0.25, -0.2) is 9.78 Å². The van der Waals surface area contributed by atoms with Gasteiger partial charge in [-0.15, -0.1) is 0 Å². The predicted octanol–water partition coefficient (Wildman–Crippen LogP) is 6.04. The lowest BCUT2D eigenvalue weighted by molar-refractivity contribution is -0.131. The Morgan fingerprint density at radius 1 is 1.26 bits per heavy atom. The Morgan fingerprint density at radius 2 is 1.93 bits per heavy atom. The van der Waals surface area contributed by atoms with Gasteiger partial charge >= 0.3 is 5.97 Å². The molecule has 0 aliphatic carbocycles. The van der Waals surface area contributed by atoms with E-state index < -0.39 is 5.97 Å². The lowest BCUT2D eigenvalue weighted by Crippen LogP contribution is -2.08. The standard InChI is InChI=1S/C19H15I2NO4S/c1-10(2)25-17-12(20)7-11(8-13(17)21)9-16(18(23)24)27-19-22-14-5-3-4-6-15(14)26-19/h3-10H,1-2H3,(H,23,24)/b16-9-. The van der Waals surface area contributed by atoms with Gasteiger partial charge in [0.25, 0.3) is 5.22 Å². The van der Waals surface area contributed by atoms with Gasteiger partial charge in [-0.1, -0.05) is 12.1 Å². The van der Waals surface area contributed by atoms with E-state index in [2.05, 4.69) is 50.2 Å². The first-order valence-electron chi connectivity index (χ1n) is 7.97. The molecular formula is C19H15I2NO4S. The van der Waals surface area contributed by atoms with Crippen LogP contribution < -0.4 is 4.74 Å². The summed E-state index contributed by atoms with van der Waals surface area (Å²) >= 11 is 5.39. The van der Waals surface area contributed by atoms with Crippen molar-refractivity contribution in [1.29, 1.82) is 0 Å². The van der Waals surface area contributed by atoms with E-state index in [9.17, 15) is 9.90 Å². The summed E-state index contributed by atoms with van der Waals surface area (Å²) in [5, 5.41) is 9.90. The maximum Gasteiger partial charge on any atom is 0.342 e. The van der Waals surface area contributed by atoms with Gasteiger partial charge in [0, 0.05) is 0 Å². The Morgan fingerprint density at radius 3 is 2.52 bits per heavy atom. The minimum absolute atomic E-state index is 0.0673. The molecule has 140 valence electrons. The van der Waals surface area contributed by atoms with E-state index in [1.165, 1.54) is 0 Å². The van der Waals surface area contributed by atoms with Gasteiger partial charge in [0.15, 0.2) is 5.58 Å². The van der Waals surface area contributed by atoms with Crippen LogP contribution in [-0.4, -0.2) is 22.2 Å². The van der Waals surface area contributed by atoms with E-state index in [0.29, 0.717) is 16.3 Å². The smallest absolute Gasteiger partial charge is 0.342 e. The Hall–Kier alpha value is -1.27. The van der Waals surface area contributed by atoms with Crippen LogP contribution in [0.4, 0.5) is 0 Å². The van der Waals surface area contributed by atoms with Crippen LogP contribution in [0.3, 0.4) is 0 Å². The lowest BCUT2D eigenvalue weighted by atomic mass is 10.2. The quantitative estimate of drug-likeness (QED) is 0.209. The normalized spacial score (nSPS) is 12.0. The zero-order valence-electron chi connectivity index (χ0n) is 14.4. The van der Waals surface area contributed by atoms with E-state index in [4.69, 9.17) is 9.15 Å².